The Balaban J connectivity index is 4.32. The molecule has 0 aromatic carbocycles. The molecule has 19 heavy (non-hydrogen) atoms. The Kier molecular flexibility index (Phi) is 9.97. The van der Waals surface area contributed by atoms with Crippen LogP contribution in [0.3, 0.4) is 0 Å². The van der Waals surface area contributed by atoms with Gasteiger partial charge < -0.3 is 14.4 Å². The molecular formula is C12H21NO5S. The number of amides is 1. The molecule has 0 spiro atoms. The van der Waals surface area contributed by atoms with Crippen LogP contribution in [0.15, 0.2) is 0 Å². The predicted octanol–water partition coefficient (Wildman–Crippen LogP) is 0.694. The summed E-state index contributed by atoms with van der Waals surface area (Å²) in [5.41, 5.74) is 0. The van der Waals surface area contributed by atoms with Gasteiger partial charge in [-0.25, -0.2) is 0 Å². The lowest BCUT2D eigenvalue weighted by atomic mass is 10.4. The molecule has 1 amide bonds. The van der Waals surface area contributed by atoms with Crippen LogP contribution in [-0.2, 0) is 23.9 Å². The van der Waals surface area contributed by atoms with E-state index in [0.717, 1.165) is 23.5 Å². The third-order valence-corrected chi connectivity index (χ3v) is 3.34. The zero-order chi connectivity index (χ0) is 14.7. The van der Waals surface area contributed by atoms with Crippen molar-refractivity contribution in [3.05, 3.63) is 0 Å². The van der Waals surface area contributed by atoms with Gasteiger partial charge in [-0.1, -0.05) is 13.3 Å². The van der Waals surface area contributed by atoms with Crippen LogP contribution in [-0.4, -0.2) is 61.6 Å². The minimum absolute atomic E-state index is 0.237. The molecule has 0 heterocycles. The largest absolute Gasteiger partial charge is 0.468 e. The highest BCUT2D eigenvalue weighted by atomic mass is 32.2. The number of ether oxygens (including phenoxy) is 2. The molecule has 0 aliphatic rings. The van der Waals surface area contributed by atoms with Crippen LogP contribution < -0.4 is 0 Å². The molecule has 0 N–H and O–H groups in total. The highest BCUT2D eigenvalue weighted by Gasteiger charge is 2.20. The molecule has 7 heteroatoms. The minimum atomic E-state index is -0.559. The van der Waals surface area contributed by atoms with Crippen LogP contribution in [0.2, 0.25) is 0 Å². The van der Waals surface area contributed by atoms with Gasteiger partial charge >= 0.3 is 11.9 Å². The first-order valence-electron chi connectivity index (χ1n) is 6.04. The topological polar surface area (TPSA) is 72.9 Å². The number of methoxy groups -OCH3 is 2. The summed E-state index contributed by atoms with van der Waals surface area (Å²) in [7, 11) is 2.47. The summed E-state index contributed by atoms with van der Waals surface area (Å²) in [5, 5.41) is 0. The summed E-state index contributed by atoms with van der Waals surface area (Å²) < 4.78 is 8.99. The van der Waals surface area contributed by atoms with Gasteiger partial charge in [0.2, 0.25) is 5.91 Å². The Hall–Kier alpha value is -1.24. The average molecular weight is 291 g/mol. The van der Waals surface area contributed by atoms with E-state index in [1.165, 1.54) is 26.0 Å². The van der Waals surface area contributed by atoms with Gasteiger partial charge in [0.05, 0.1) is 20.0 Å². The van der Waals surface area contributed by atoms with E-state index in [1.807, 2.05) is 0 Å². The Morgan fingerprint density at radius 2 is 1.58 bits per heavy atom. The van der Waals surface area contributed by atoms with E-state index in [0.29, 0.717) is 0 Å². The van der Waals surface area contributed by atoms with Gasteiger partial charge in [-0.05, 0) is 12.2 Å². The third-order valence-electron chi connectivity index (χ3n) is 2.32. The van der Waals surface area contributed by atoms with Crippen molar-refractivity contribution in [2.45, 2.75) is 19.8 Å². The van der Waals surface area contributed by atoms with Crippen LogP contribution in [0.25, 0.3) is 0 Å². The number of rotatable bonds is 9. The zero-order valence-electron chi connectivity index (χ0n) is 11.6. The lowest BCUT2D eigenvalue weighted by Crippen LogP contribution is -2.41. The van der Waals surface area contributed by atoms with Crippen molar-refractivity contribution in [1.29, 1.82) is 0 Å². The number of nitrogens with zero attached hydrogens (tertiary/aromatic N) is 1. The monoisotopic (exact) mass is 291 g/mol. The van der Waals surface area contributed by atoms with E-state index in [2.05, 4.69) is 16.4 Å². The van der Waals surface area contributed by atoms with E-state index >= 15 is 0 Å². The number of hydrogen-bond acceptors (Lipinski definition) is 6. The van der Waals surface area contributed by atoms with Crippen LogP contribution in [0, 0.1) is 0 Å². The zero-order valence-corrected chi connectivity index (χ0v) is 12.5. The highest BCUT2D eigenvalue weighted by Crippen LogP contribution is 2.06. The lowest BCUT2D eigenvalue weighted by Gasteiger charge is -2.19. The maximum Gasteiger partial charge on any atom is 0.325 e. The fourth-order valence-corrected chi connectivity index (χ4v) is 2.16. The first-order chi connectivity index (χ1) is 9.04. The summed E-state index contributed by atoms with van der Waals surface area (Å²) in [6, 6.07) is 0. The molecule has 6 nitrogen and oxygen atoms in total. The SMILES string of the molecule is CCCCSCC(=O)N(CC(=O)OC)CC(=O)OC. The van der Waals surface area contributed by atoms with Gasteiger partial charge in [-0.2, -0.15) is 11.8 Å². The summed E-state index contributed by atoms with van der Waals surface area (Å²) >= 11 is 1.49. The van der Waals surface area contributed by atoms with Crippen molar-refractivity contribution >= 4 is 29.6 Å². The lowest BCUT2D eigenvalue weighted by molar-refractivity contribution is -0.151. The Morgan fingerprint density at radius 3 is 2.00 bits per heavy atom. The van der Waals surface area contributed by atoms with Gasteiger partial charge in [-0.3, -0.25) is 14.4 Å². The fraction of sp³-hybridized carbons (Fsp3) is 0.750. The fourth-order valence-electron chi connectivity index (χ4n) is 1.17. The normalized spacial score (nSPS) is 9.84. The first-order valence-corrected chi connectivity index (χ1v) is 7.19. The molecule has 0 saturated carbocycles. The van der Waals surface area contributed by atoms with Gasteiger partial charge in [0, 0.05) is 0 Å². The Bertz CT molecular complexity index is 290. The summed E-state index contributed by atoms with van der Waals surface area (Å²) in [4.78, 5) is 35.4. The molecule has 0 unspecified atom stereocenters. The number of unbranched alkanes of at least 4 members (excludes halogenated alkanes) is 1. The smallest absolute Gasteiger partial charge is 0.325 e. The molecule has 0 aromatic heterocycles. The van der Waals surface area contributed by atoms with E-state index in [-0.39, 0.29) is 24.7 Å². The second-order valence-corrected chi connectivity index (χ2v) is 4.91. The minimum Gasteiger partial charge on any atom is -0.468 e. The summed E-state index contributed by atoms with van der Waals surface area (Å²) in [6.45, 7) is 1.60. The molecule has 0 aliphatic carbocycles. The van der Waals surface area contributed by atoms with Crippen molar-refractivity contribution < 1.29 is 23.9 Å². The molecule has 0 aliphatic heterocycles. The molecule has 0 saturated heterocycles. The van der Waals surface area contributed by atoms with Crippen molar-refractivity contribution in [2.75, 3.05) is 38.8 Å². The predicted molar refractivity (Wildman–Crippen MR) is 72.8 cm³/mol. The van der Waals surface area contributed by atoms with Crippen LogP contribution >= 0.6 is 11.8 Å². The van der Waals surface area contributed by atoms with Crippen LogP contribution in [0.4, 0.5) is 0 Å². The third kappa shape index (κ3) is 8.47. The number of hydrogen-bond donors (Lipinski definition) is 0. The Morgan fingerprint density at radius 1 is 1.05 bits per heavy atom. The number of carbonyl (C=O) groups excluding carboxylic acids is 3. The van der Waals surface area contributed by atoms with Crippen LogP contribution in [0.5, 0.6) is 0 Å². The molecule has 110 valence electrons. The molecule has 0 fully saturated rings. The van der Waals surface area contributed by atoms with Gasteiger partial charge in [0.25, 0.3) is 0 Å². The second-order valence-electron chi connectivity index (χ2n) is 3.81. The summed E-state index contributed by atoms with van der Waals surface area (Å²) in [5.74, 6) is -0.260. The number of thioether (sulfide) groups is 1. The van der Waals surface area contributed by atoms with Crippen molar-refractivity contribution in [3.63, 3.8) is 0 Å². The van der Waals surface area contributed by atoms with Gasteiger partial charge in [-0.15, -0.1) is 0 Å². The second kappa shape index (κ2) is 10.7. The maximum atomic E-state index is 11.9. The molecule has 0 radical (unpaired) electrons. The highest BCUT2D eigenvalue weighted by molar-refractivity contribution is 7.99. The van der Waals surface area contributed by atoms with Gasteiger partial charge in [0.1, 0.15) is 13.1 Å². The number of esters is 2. The van der Waals surface area contributed by atoms with Crippen molar-refractivity contribution in [2.24, 2.45) is 0 Å². The molecule has 0 aromatic rings. The van der Waals surface area contributed by atoms with Gasteiger partial charge in [0.15, 0.2) is 0 Å². The summed E-state index contributed by atoms with van der Waals surface area (Å²) in [6.07, 6.45) is 2.10. The van der Waals surface area contributed by atoms with Crippen molar-refractivity contribution in [1.82, 2.24) is 4.90 Å². The van der Waals surface area contributed by atoms with Crippen LogP contribution in [0.1, 0.15) is 19.8 Å². The molecule has 0 rings (SSSR count). The van der Waals surface area contributed by atoms with E-state index in [4.69, 9.17) is 0 Å². The molecule has 0 bridgehead atoms. The first kappa shape index (κ1) is 17.8. The maximum absolute atomic E-state index is 11.9. The van der Waals surface area contributed by atoms with E-state index < -0.39 is 11.9 Å². The quantitative estimate of drug-likeness (QED) is 0.460. The standard InChI is InChI=1S/C12H21NO5S/c1-4-5-6-19-9-10(14)13(7-11(15)17-2)8-12(16)18-3/h4-9H2,1-3H3. The molecular weight excluding hydrogens is 270 g/mol. The van der Waals surface area contributed by atoms with E-state index in [1.54, 1.807) is 0 Å². The Labute approximate surface area is 117 Å². The number of carbonyl (C=O) groups is 3. The van der Waals surface area contributed by atoms with Crippen molar-refractivity contribution in [3.8, 4) is 0 Å². The molecule has 0 atom stereocenters. The van der Waals surface area contributed by atoms with E-state index in [9.17, 15) is 14.4 Å². The average Bonchev–Trinajstić information content (AvgIpc) is 2.42.